The SMILES string of the molecule is C=CC(=O)OCCCCCCOc1ccc(C2(c3ccc(C)cc3)c3ccccc3-c3ccccc32)cc1. The Bertz CT molecular complexity index is 1350. The number of aryl methyl sites for hydroxylation is 1. The lowest BCUT2D eigenvalue weighted by Gasteiger charge is -2.34. The summed E-state index contributed by atoms with van der Waals surface area (Å²) in [5, 5.41) is 0. The Morgan fingerprint density at radius 3 is 1.82 bits per heavy atom. The second kappa shape index (κ2) is 11.5. The van der Waals surface area contributed by atoms with E-state index in [4.69, 9.17) is 9.47 Å². The molecule has 0 bridgehead atoms. The highest BCUT2D eigenvalue weighted by molar-refractivity contribution is 5.86. The smallest absolute Gasteiger partial charge is 0.330 e. The van der Waals surface area contributed by atoms with E-state index in [0.717, 1.165) is 31.4 Å². The van der Waals surface area contributed by atoms with Crippen LogP contribution in [-0.4, -0.2) is 19.2 Å². The monoisotopic (exact) mass is 502 g/mol. The zero-order valence-corrected chi connectivity index (χ0v) is 22.0. The molecule has 0 radical (unpaired) electrons. The van der Waals surface area contributed by atoms with Crippen LogP contribution in [0.15, 0.2) is 110 Å². The largest absolute Gasteiger partial charge is 0.494 e. The summed E-state index contributed by atoms with van der Waals surface area (Å²) in [6, 6.07) is 35.2. The summed E-state index contributed by atoms with van der Waals surface area (Å²) in [7, 11) is 0. The number of fused-ring (bicyclic) bond motifs is 3. The van der Waals surface area contributed by atoms with Gasteiger partial charge in [-0.15, -0.1) is 0 Å². The van der Waals surface area contributed by atoms with Gasteiger partial charge in [-0.3, -0.25) is 0 Å². The van der Waals surface area contributed by atoms with Gasteiger partial charge in [0.2, 0.25) is 0 Å². The fourth-order valence-corrected chi connectivity index (χ4v) is 5.61. The maximum absolute atomic E-state index is 11.1. The Hall–Kier alpha value is -4.11. The quantitative estimate of drug-likeness (QED) is 0.104. The van der Waals surface area contributed by atoms with Crippen molar-refractivity contribution in [3.05, 3.63) is 138 Å². The highest BCUT2D eigenvalue weighted by atomic mass is 16.5. The first-order chi connectivity index (χ1) is 18.6. The molecule has 4 aromatic rings. The first-order valence-corrected chi connectivity index (χ1v) is 13.4. The van der Waals surface area contributed by atoms with Crippen LogP contribution in [0.1, 0.15) is 53.5 Å². The summed E-state index contributed by atoms with van der Waals surface area (Å²) in [6.45, 7) is 6.66. The molecule has 0 saturated carbocycles. The molecule has 0 aromatic heterocycles. The third-order valence-electron chi connectivity index (χ3n) is 7.44. The summed E-state index contributed by atoms with van der Waals surface area (Å²) in [6.07, 6.45) is 5.06. The Morgan fingerprint density at radius 1 is 0.711 bits per heavy atom. The van der Waals surface area contributed by atoms with Crippen molar-refractivity contribution < 1.29 is 14.3 Å². The van der Waals surface area contributed by atoms with E-state index in [9.17, 15) is 4.79 Å². The van der Waals surface area contributed by atoms with Crippen LogP contribution in [-0.2, 0) is 14.9 Å². The molecule has 3 heteroatoms. The molecule has 0 unspecified atom stereocenters. The lowest BCUT2D eigenvalue weighted by atomic mass is 9.67. The van der Waals surface area contributed by atoms with Crippen molar-refractivity contribution in [2.24, 2.45) is 0 Å². The van der Waals surface area contributed by atoms with E-state index >= 15 is 0 Å². The fraction of sp³-hybridized carbons (Fsp3) is 0.229. The van der Waals surface area contributed by atoms with Gasteiger partial charge in [0.25, 0.3) is 0 Å². The lowest BCUT2D eigenvalue weighted by molar-refractivity contribution is -0.137. The average molecular weight is 503 g/mol. The van der Waals surface area contributed by atoms with Gasteiger partial charge in [-0.2, -0.15) is 0 Å². The van der Waals surface area contributed by atoms with Gasteiger partial charge in [-0.1, -0.05) is 97.1 Å². The lowest BCUT2D eigenvalue weighted by Crippen LogP contribution is -2.28. The molecule has 1 aliphatic rings. The van der Waals surface area contributed by atoms with E-state index < -0.39 is 0 Å². The van der Waals surface area contributed by atoms with Crippen molar-refractivity contribution in [3.63, 3.8) is 0 Å². The molecule has 0 saturated heterocycles. The highest BCUT2D eigenvalue weighted by Crippen LogP contribution is 2.56. The summed E-state index contributed by atoms with van der Waals surface area (Å²) in [4.78, 5) is 11.1. The number of carbonyl (C=O) groups is 1. The first-order valence-electron chi connectivity index (χ1n) is 13.4. The first kappa shape index (κ1) is 25.5. The highest BCUT2D eigenvalue weighted by Gasteiger charge is 2.45. The molecule has 5 rings (SSSR count). The molecule has 0 amide bonds. The van der Waals surface area contributed by atoms with Crippen LogP contribution >= 0.6 is 0 Å². The second-order valence-corrected chi connectivity index (χ2v) is 9.87. The minimum atomic E-state index is -0.380. The second-order valence-electron chi connectivity index (χ2n) is 9.87. The number of hydrogen-bond acceptors (Lipinski definition) is 3. The number of ether oxygens (including phenoxy) is 2. The zero-order chi connectivity index (χ0) is 26.4. The Balaban J connectivity index is 1.36. The molecule has 4 aromatic carbocycles. The van der Waals surface area contributed by atoms with Crippen molar-refractivity contribution in [1.29, 1.82) is 0 Å². The molecule has 3 nitrogen and oxygen atoms in total. The molecule has 38 heavy (non-hydrogen) atoms. The molecule has 0 aliphatic heterocycles. The molecule has 0 spiro atoms. The number of carbonyl (C=O) groups excluding carboxylic acids is 1. The number of benzene rings is 4. The van der Waals surface area contributed by atoms with E-state index in [1.165, 1.54) is 45.0 Å². The normalized spacial score (nSPS) is 12.9. The van der Waals surface area contributed by atoms with Crippen molar-refractivity contribution >= 4 is 5.97 Å². The summed E-state index contributed by atoms with van der Waals surface area (Å²) >= 11 is 0. The Morgan fingerprint density at radius 2 is 1.24 bits per heavy atom. The van der Waals surface area contributed by atoms with E-state index in [-0.39, 0.29) is 11.4 Å². The Kier molecular flexibility index (Phi) is 7.74. The van der Waals surface area contributed by atoms with Crippen LogP contribution in [0.25, 0.3) is 11.1 Å². The van der Waals surface area contributed by atoms with Gasteiger partial charge in [0, 0.05) is 6.08 Å². The Labute approximate surface area is 225 Å². The number of unbranched alkanes of at least 4 members (excludes halogenated alkanes) is 3. The standard InChI is InChI=1S/C35H34O3/c1-3-34(36)38-25-11-5-4-10-24-37-29-22-20-28(21-23-29)35(27-18-16-26(2)17-19-27)32-14-8-6-12-30(32)31-13-7-9-15-33(31)35/h3,6-9,12-23H,1,4-5,10-11,24-25H2,2H3. The molecule has 1 aliphatic carbocycles. The molecule has 0 atom stereocenters. The van der Waals surface area contributed by atoms with Crippen molar-refractivity contribution in [3.8, 4) is 16.9 Å². The van der Waals surface area contributed by atoms with E-state index in [0.29, 0.717) is 13.2 Å². The fourth-order valence-electron chi connectivity index (χ4n) is 5.61. The van der Waals surface area contributed by atoms with Gasteiger partial charge in [0.05, 0.1) is 18.6 Å². The van der Waals surface area contributed by atoms with Crippen LogP contribution in [0.3, 0.4) is 0 Å². The average Bonchev–Trinajstić information content (AvgIpc) is 3.26. The van der Waals surface area contributed by atoms with Gasteiger partial charge in [0.1, 0.15) is 5.75 Å². The minimum Gasteiger partial charge on any atom is -0.494 e. The number of hydrogen-bond donors (Lipinski definition) is 0. The third kappa shape index (κ3) is 4.89. The zero-order valence-electron chi connectivity index (χ0n) is 22.0. The van der Waals surface area contributed by atoms with Crippen LogP contribution in [0, 0.1) is 6.92 Å². The third-order valence-corrected chi connectivity index (χ3v) is 7.44. The number of esters is 1. The minimum absolute atomic E-state index is 0.356. The molecule has 192 valence electrons. The van der Waals surface area contributed by atoms with E-state index in [1.54, 1.807) is 0 Å². The maximum atomic E-state index is 11.1. The van der Waals surface area contributed by atoms with Crippen molar-refractivity contribution in [1.82, 2.24) is 0 Å². The van der Waals surface area contributed by atoms with Gasteiger partial charge in [-0.05, 0) is 78.1 Å². The van der Waals surface area contributed by atoms with Gasteiger partial charge in [0.15, 0.2) is 0 Å². The van der Waals surface area contributed by atoms with Crippen LogP contribution in [0.5, 0.6) is 5.75 Å². The van der Waals surface area contributed by atoms with Gasteiger partial charge < -0.3 is 9.47 Å². The number of rotatable bonds is 11. The van der Waals surface area contributed by atoms with Crippen LogP contribution < -0.4 is 4.74 Å². The summed E-state index contributed by atoms with van der Waals surface area (Å²) in [5.41, 5.74) is 8.61. The predicted molar refractivity (Wildman–Crippen MR) is 154 cm³/mol. The van der Waals surface area contributed by atoms with Gasteiger partial charge >= 0.3 is 5.97 Å². The molecule has 0 N–H and O–H groups in total. The molecule has 0 heterocycles. The summed E-state index contributed by atoms with van der Waals surface area (Å²) in [5.74, 6) is 0.526. The maximum Gasteiger partial charge on any atom is 0.330 e. The predicted octanol–water partition coefficient (Wildman–Crippen LogP) is 8.03. The van der Waals surface area contributed by atoms with E-state index in [1.807, 2.05) is 0 Å². The van der Waals surface area contributed by atoms with Crippen molar-refractivity contribution in [2.75, 3.05) is 13.2 Å². The van der Waals surface area contributed by atoms with Gasteiger partial charge in [-0.25, -0.2) is 4.79 Å². The van der Waals surface area contributed by atoms with Crippen molar-refractivity contribution in [2.45, 2.75) is 38.0 Å². The van der Waals surface area contributed by atoms with Crippen LogP contribution in [0.2, 0.25) is 0 Å². The summed E-state index contributed by atoms with van der Waals surface area (Å²) < 4.78 is 11.1. The molecular formula is C35H34O3. The van der Waals surface area contributed by atoms with E-state index in [2.05, 4.69) is 111 Å². The topological polar surface area (TPSA) is 35.5 Å². The van der Waals surface area contributed by atoms with Crippen LogP contribution in [0.4, 0.5) is 0 Å². The molecular weight excluding hydrogens is 468 g/mol. The molecule has 0 fully saturated rings.